The van der Waals surface area contributed by atoms with Crippen molar-refractivity contribution in [3.05, 3.63) is 11.7 Å². The van der Waals surface area contributed by atoms with Gasteiger partial charge >= 0.3 is 6.18 Å². The van der Waals surface area contributed by atoms with E-state index in [1.165, 1.54) is 12.8 Å². The molecule has 4 nitrogen and oxygen atoms in total. The van der Waals surface area contributed by atoms with E-state index in [2.05, 4.69) is 15.5 Å². The third-order valence-electron chi connectivity index (χ3n) is 3.86. The van der Waals surface area contributed by atoms with Gasteiger partial charge in [-0.15, -0.1) is 0 Å². The third kappa shape index (κ3) is 4.47. The quantitative estimate of drug-likeness (QED) is 0.906. The van der Waals surface area contributed by atoms with Crippen molar-refractivity contribution in [3.8, 4) is 0 Å². The molecular formula is C13H20F3N3O. The van der Waals surface area contributed by atoms with Gasteiger partial charge in [-0.05, 0) is 25.8 Å². The van der Waals surface area contributed by atoms with Crippen LogP contribution in [0.2, 0.25) is 0 Å². The van der Waals surface area contributed by atoms with Gasteiger partial charge in [0.25, 0.3) is 0 Å². The number of hydrogen-bond donors (Lipinski definition) is 1. The molecule has 1 aromatic heterocycles. The van der Waals surface area contributed by atoms with Gasteiger partial charge in [0, 0.05) is 18.9 Å². The van der Waals surface area contributed by atoms with Crippen molar-refractivity contribution in [2.45, 2.75) is 57.2 Å². The molecule has 7 heteroatoms. The van der Waals surface area contributed by atoms with Crippen LogP contribution in [0.15, 0.2) is 4.52 Å². The van der Waals surface area contributed by atoms with E-state index < -0.39 is 12.6 Å². The molecule has 2 atom stereocenters. The molecule has 2 unspecified atom stereocenters. The maximum Gasteiger partial charge on any atom is 0.389 e. The highest BCUT2D eigenvalue weighted by Gasteiger charge is 2.29. The van der Waals surface area contributed by atoms with Crippen molar-refractivity contribution in [1.82, 2.24) is 15.5 Å². The van der Waals surface area contributed by atoms with Crippen LogP contribution in [0.1, 0.15) is 43.8 Å². The minimum absolute atomic E-state index is 0.147. The molecule has 1 saturated carbocycles. The lowest BCUT2D eigenvalue weighted by atomic mass is 9.82. The van der Waals surface area contributed by atoms with Gasteiger partial charge in [0.1, 0.15) is 0 Å². The number of nitrogens with one attached hydrogen (secondary N) is 1. The molecule has 0 bridgehead atoms. The minimum atomic E-state index is -4.18. The standard InChI is InChI=1S/C13H20F3N3O/c1-17-10-5-3-2-4-9(10)8-12-18-11(19-20-12)6-7-13(14,15)16/h9-10,17H,2-8H2,1H3. The van der Waals surface area contributed by atoms with Crippen molar-refractivity contribution in [2.24, 2.45) is 5.92 Å². The summed E-state index contributed by atoms with van der Waals surface area (Å²) in [5.41, 5.74) is 0. The Morgan fingerprint density at radius 3 is 2.75 bits per heavy atom. The molecule has 0 saturated heterocycles. The van der Waals surface area contributed by atoms with Crippen LogP contribution in [0.5, 0.6) is 0 Å². The lowest BCUT2D eigenvalue weighted by Gasteiger charge is -2.30. The van der Waals surface area contributed by atoms with Gasteiger partial charge in [0.2, 0.25) is 5.89 Å². The average Bonchev–Trinajstić information content (AvgIpc) is 2.84. The van der Waals surface area contributed by atoms with Crippen LogP contribution in [0.25, 0.3) is 0 Å². The van der Waals surface area contributed by atoms with Gasteiger partial charge in [-0.2, -0.15) is 18.2 Å². The highest BCUT2D eigenvalue weighted by molar-refractivity contribution is 4.92. The summed E-state index contributed by atoms with van der Waals surface area (Å²) in [6.45, 7) is 0. The maximum atomic E-state index is 12.1. The second-order valence-electron chi connectivity index (χ2n) is 5.36. The Morgan fingerprint density at radius 2 is 2.05 bits per heavy atom. The molecule has 2 rings (SSSR count). The van der Waals surface area contributed by atoms with Crippen LogP contribution in [-0.4, -0.2) is 29.4 Å². The van der Waals surface area contributed by atoms with Crippen molar-refractivity contribution < 1.29 is 17.7 Å². The maximum absolute atomic E-state index is 12.1. The Kier molecular flexibility index (Phi) is 5.01. The van der Waals surface area contributed by atoms with E-state index in [4.69, 9.17) is 4.52 Å². The highest BCUT2D eigenvalue weighted by Crippen LogP contribution is 2.27. The largest absolute Gasteiger partial charge is 0.389 e. The zero-order valence-corrected chi connectivity index (χ0v) is 11.5. The second-order valence-corrected chi connectivity index (χ2v) is 5.36. The van der Waals surface area contributed by atoms with Crippen LogP contribution in [-0.2, 0) is 12.8 Å². The fourth-order valence-corrected chi connectivity index (χ4v) is 2.78. The van der Waals surface area contributed by atoms with Gasteiger partial charge < -0.3 is 9.84 Å². The molecule has 1 heterocycles. The topological polar surface area (TPSA) is 51.0 Å². The fourth-order valence-electron chi connectivity index (χ4n) is 2.78. The summed E-state index contributed by atoms with van der Waals surface area (Å²) in [5, 5.41) is 6.92. The van der Waals surface area contributed by atoms with Crippen LogP contribution >= 0.6 is 0 Å². The summed E-state index contributed by atoms with van der Waals surface area (Å²) in [6.07, 6.45) is -0.0594. The van der Waals surface area contributed by atoms with Gasteiger partial charge in [0.15, 0.2) is 5.82 Å². The summed E-state index contributed by atoms with van der Waals surface area (Å²) in [4.78, 5) is 4.07. The van der Waals surface area contributed by atoms with Gasteiger partial charge in [-0.1, -0.05) is 18.0 Å². The molecule has 0 spiro atoms. The molecule has 0 aliphatic heterocycles. The number of aryl methyl sites for hydroxylation is 1. The van der Waals surface area contributed by atoms with Crippen molar-refractivity contribution in [3.63, 3.8) is 0 Å². The van der Waals surface area contributed by atoms with Crippen LogP contribution in [0.4, 0.5) is 13.2 Å². The first-order valence-corrected chi connectivity index (χ1v) is 7.03. The second kappa shape index (κ2) is 6.56. The molecular weight excluding hydrogens is 271 g/mol. The molecule has 1 N–H and O–H groups in total. The van der Waals surface area contributed by atoms with Gasteiger partial charge in [0.05, 0.1) is 6.42 Å². The lowest BCUT2D eigenvalue weighted by Crippen LogP contribution is -2.37. The summed E-state index contributed by atoms with van der Waals surface area (Å²) in [5.74, 6) is 1.02. The molecule has 1 aliphatic rings. The molecule has 1 aromatic rings. The monoisotopic (exact) mass is 291 g/mol. The van der Waals surface area contributed by atoms with Crippen LogP contribution in [0, 0.1) is 5.92 Å². The van der Waals surface area contributed by atoms with E-state index in [1.807, 2.05) is 7.05 Å². The molecule has 114 valence electrons. The Morgan fingerprint density at radius 1 is 1.30 bits per heavy atom. The first-order valence-electron chi connectivity index (χ1n) is 7.03. The summed E-state index contributed by atoms with van der Waals surface area (Å²) < 4.78 is 41.4. The predicted molar refractivity (Wildman–Crippen MR) is 67.2 cm³/mol. The van der Waals surface area contributed by atoms with E-state index in [1.54, 1.807) is 0 Å². The zero-order valence-electron chi connectivity index (χ0n) is 11.5. The van der Waals surface area contributed by atoms with Crippen LogP contribution in [0.3, 0.4) is 0 Å². The zero-order chi connectivity index (χ0) is 14.6. The Labute approximate surface area is 116 Å². The molecule has 1 aliphatic carbocycles. The normalized spacial score (nSPS) is 24.0. The predicted octanol–water partition coefficient (Wildman–Crippen LogP) is 2.89. The number of rotatable bonds is 5. The van der Waals surface area contributed by atoms with E-state index in [9.17, 15) is 13.2 Å². The Balaban J connectivity index is 1.88. The van der Waals surface area contributed by atoms with E-state index >= 15 is 0 Å². The average molecular weight is 291 g/mol. The smallest absolute Gasteiger partial charge is 0.339 e. The third-order valence-corrected chi connectivity index (χ3v) is 3.86. The van der Waals surface area contributed by atoms with Gasteiger partial charge in [-0.25, -0.2) is 0 Å². The molecule has 1 fully saturated rings. The molecule has 20 heavy (non-hydrogen) atoms. The molecule has 0 amide bonds. The van der Waals surface area contributed by atoms with E-state index in [0.29, 0.717) is 24.3 Å². The summed E-state index contributed by atoms with van der Waals surface area (Å²) >= 11 is 0. The SMILES string of the molecule is CNC1CCCCC1Cc1nc(CCC(F)(F)F)no1. The number of alkyl halides is 3. The Bertz CT molecular complexity index is 419. The Hall–Kier alpha value is -1.11. The van der Waals surface area contributed by atoms with Crippen molar-refractivity contribution >= 4 is 0 Å². The summed E-state index contributed by atoms with van der Waals surface area (Å²) in [7, 11) is 1.94. The van der Waals surface area contributed by atoms with Crippen LogP contribution < -0.4 is 5.32 Å². The van der Waals surface area contributed by atoms with E-state index in [0.717, 1.165) is 12.8 Å². The van der Waals surface area contributed by atoms with E-state index in [-0.39, 0.29) is 12.2 Å². The highest BCUT2D eigenvalue weighted by atomic mass is 19.4. The number of aromatic nitrogens is 2. The number of nitrogens with zero attached hydrogens (tertiary/aromatic N) is 2. The first kappa shape index (κ1) is 15.3. The minimum Gasteiger partial charge on any atom is -0.339 e. The lowest BCUT2D eigenvalue weighted by molar-refractivity contribution is -0.134. The summed E-state index contributed by atoms with van der Waals surface area (Å²) in [6, 6.07) is 0.425. The van der Waals surface area contributed by atoms with Crippen molar-refractivity contribution in [1.29, 1.82) is 0 Å². The molecule has 0 aromatic carbocycles. The van der Waals surface area contributed by atoms with Gasteiger partial charge in [-0.3, -0.25) is 0 Å². The molecule has 0 radical (unpaired) electrons. The number of hydrogen-bond acceptors (Lipinski definition) is 4. The first-order chi connectivity index (χ1) is 9.48. The fraction of sp³-hybridized carbons (Fsp3) is 0.846. The number of halogens is 3. The van der Waals surface area contributed by atoms with Crippen molar-refractivity contribution in [2.75, 3.05) is 7.05 Å².